The predicted octanol–water partition coefficient (Wildman–Crippen LogP) is 5.16. The molecule has 0 spiro atoms. The normalized spacial score (nSPS) is 10.2. The van der Waals surface area contributed by atoms with Gasteiger partial charge in [0.2, 0.25) is 5.91 Å². The van der Waals surface area contributed by atoms with Gasteiger partial charge in [-0.3, -0.25) is 14.9 Å². The Labute approximate surface area is 200 Å². The fourth-order valence-corrected chi connectivity index (χ4v) is 3.53. The van der Waals surface area contributed by atoms with Crippen molar-refractivity contribution in [2.24, 2.45) is 0 Å². The zero-order valence-electron chi connectivity index (χ0n) is 17.4. The molecule has 164 valence electrons. The largest absolute Gasteiger partial charge is 0.496 e. The minimum Gasteiger partial charge on any atom is -0.496 e. The van der Waals surface area contributed by atoms with E-state index in [1.807, 2.05) is 30.3 Å². The van der Waals surface area contributed by atoms with Crippen LogP contribution in [0.4, 0.5) is 11.4 Å². The lowest BCUT2D eigenvalue weighted by Gasteiger charge is -2.12. The molecule has 6 nitrogen and oxygen atoms in total. The molecule has 3 aromatic rings. The third-order valence-corrected chi connectivity index (χ3v) is 5.24. The van der Waals surface area contributed by atoms with Gasteiger partial charge in [-0.25, -0.2) is 0 Å². The second kappa shape index (κ2) is 11.4. The number of carbonyl (C=O) groups is 2. The van der Waals surface area contributed by atoms with Crippen molar-refractivity contribution >= 4 is 56.4 Å². The zero-order valence-corrected chi connectivity index (χ0v) is 19.8. The van der Waals surface area contributed by atoms with Gasteiger partial charge in [-0.15, -0.1) is 0 Å². The fourth-order valence-electron chi connectivity index (χ4n) is 2.95. The van der Waals surface area contributed by atoms with Crippen LogP contribution in [0.3, 0.4) is 0 Å². The van der Waals surface area contributed by atoms with Gasteiger partial charge in [0.25, 0.3) is 5.91 Å². The summed E-state index contributed by atoms with van der Waals surface area (Å²) in [6.07, 6.45) is 1.09. The molecule has 3 N–H and O–H groups in total. The standard InChI is InChI=1S/C24H22BrN3O3S/c1-31-21-13-8-17(25)15-20(21)23(30)28-24(32)27-19-11-9-18(10-12-19)26-22(29)14-7-16-5-3-2-4-6-16/h2-6,8-13,15H,7,14H2,1H3,(H,26,29)(H2,27,28,30,32). The van der Waals surface area contributed by atoms with Crippen molar-refractivity contribution in [3.8, 4) is 5.75 Å². The van der Waals surface area contributed by atoms with E-state index in [1.165, 1.54) is 7.11 Å². The van der Waals surface area contributed by atoms with E-state index in [-0.39, 0.29) is 16.9 Å². The minimum atomic E-state index is -0.386. The Morgan fingerprint density at radius 1 is 0.938 bits per heavy atom. The molecule has 0 saturated heterocycles. The van der Waals surface area contributed by atoms with Crippen molar-refractivity contribution in [2.75, 3.05) is 17.7 Å². The van der Waals surface area contributed by atoms with Crippen LogP contribution in [0.25, 0.3) is 0 Å². The van der Waals surface area contributed by atoms with E-state index >= 15 is 0 Å². The van der Waals surface area contributed by atoms with Gasteiger partial charge in [-0.2, -0.15) is 0 Å². The van der Waals surface area contributed by atoms with Gasteiger partial charge in [0.15, 0.2) is 5.11 Å². The summed E-state index contributed by atoms with van der Waals surface area (Å²) >= 11 is 8.59. The number of nitrogens with one attached hydrogen (secondary N) is 3. The van der Waals surface area contributed by atoms with Crippen LogP contribution in [0.5, 0.6) is 5.75 Å². The predicted molar refractivity (Wildman–Crippen MR) is 134 cm³/mol. The molecular formula is C24H22BrN3O3S. The lowest BCUT2D eigenvalue weighted by molar-refractivity contribution is -0.116. The van der Waals surface area contributed by atoms with E-state index in [1.54, 1.807) is 42.5 Å². The van der Waals surface area contributed by atoms with Crippen LogP contribution in [0, 0.1) is 0 Å². The molecule has 0 aliphatic heterocycles. The van der Waals surface area contributed by atoms with Crippen LogP contribution in [-0.2, 0) is 11.2 Å². The van der Waals surface area contributed by atoms with Crippen LogP contribution >= 0.6 is 28.1 Å². The van der Waals surface area contributed by atoms with E-state index in [2.05, 4.69) is 31.9 Å². The highest BCUT2D eigenvalue weighted by Gasteiger charge is 2.14. The molecule has 0 fully saturated rings. The fraction of sp³-hybridized carbons (Fsp3) is 0.125. The Morgan fingerprint density at radius 2 is 1.59 bits per heavy atom. The summed E-state index contributed by atoms with van der Waals surface area (Å²) in [5, 5.41) is 8.62. The number of hydrogen-bond acceptors (Lipinski definition) is 4. The number of hydrogen-bond donors (Lipinski definition) is 3. The molecule has 3 rings (SSSR count). The Kier molecular flexibility index (Phi) is 8.35. The smallest absolute Gasteiger partial charge is 0.261 e. The Hall–Kier alpha value is -3.23. The summed E-state index contributed by atoms with van der Waals surface area (Å²) in [5.41, 5.74) is 2.85. The van der Waals surface area contributed by atoms with Gasteiger partial charge in [0, 0.05) is 22.3 Å². The summed E-state index contributed by atoms with van der Waals surface area (Å²) in [6.45, 7) is 0. The monoisotopic (exact) mass is 511 g/mol. The maximum absolute atomic E-state index is 12.5. The van der Waals surface area contributed by atoms with Crippen LogP contribution in [0.15, 0.2) is 77.3 Å². The molecule has 0 radical (unpaired) electrons. The number of thiocarbonyl (C=S) groups is 1. The topological polar surface area (TPSA) is 79.5 Å². The van der Waals surface area contributed by atoms with Gasteiger partial charge in [-0.1, -0.05) is 46.3 Å². The van der Waals surface area contributed by atoms with Crippen molar-refractivity contribution in [1.29, 1.82) is 0 Å². The first kappa shape index (κ1) is 23.4. The quantitative estimate of drug-likeness (QED) is 0.382. The SMILES string of the molecule is COc1ccc(Br)cc1C(=O)NC(=S)Nc1ccc(NC(=O)CCc2ccccc2)cc1. The number of methoxy groups -OCH3 is 1. The van der Waals surface area contributed by atoms with Gasteiger partial charge in [0.05, 0.1) is 12.7 Å². The summed E-state index contributed by atoms with van der Waals surface area (Å²) in [5.74, 6) is 0.00382. The number of carbonyl (C=O) groups excluding carboxylic acids is 2. The number of halogens is 1. The number of benzene rings is 3. The Balaban J connectivity index is 1.50. The molecule has 0 atom stereocenters. The maximum atomic E-state index is 12.5. The van der Waals surface area contributed by atoms with Gasteiger partial charge < -0.3 is 15.4 Å². The number of anilines is 2. The molecule has 0 aliphatic rings. The molecule has 8 heteroatoms. The van der Waals surface area contributed by atoms with Crippen LogP contribution < -0.4 is 20.7 Å². The third kappa shape index (κ3) is 6.90. The molecule has 0 aromatic heterocycles. The second-order valence-corrected chi connectivity index (χ2v) is 8.19. The van der Waals surface area contributed by atoms with E-state index in [0.717, 1.165) is 10.0 Å². The Bertz CT molecular complexity index is 1110. The van der Waals surface area contributed by atoms with Crippen molar-refractivity contribution < 1.29 is 14.3 Å². The van der Waals surface area contributed by atoms with Gasteiger partial charge in [0.1, 0.15) is 5.75 Å². The van der Waals surface area contributed by atoms with E-state index < -0.39 is 0 Å². The molecule has 0 saturated carbocycles. The molecule has 0 heterocycles. The molecule has 3 aromatic carbocycles. The average Bonchev–Trinajstić information content (AvgIpc) is 2.79. The first-order valence-electron chi connectivity index (χ1n) is 9.84. The zero-order chi connectivity index (χ0) is 22.9. The molecule has 0 aliphatic carbocycles. The molecule has 32 heavy (non-hydrogen) atoms. The molecule has 2 amide bonds. The molecular weight excluding hydrogens is 490 g/mol. The van der Waals surface area contributed by atoms with Crippen molar-refractivity contribution in [1.82, 2.24) is 5.32 Å². The van der Waals surface area contributed by atoms with Crippen LogP contribution in [-0.4, -0.2) is 24.0 Å². The minimum absolute atomic E-state index is 0.0553. The Morgan fingerprint density at radius 3 is 2.25 bits per heavy atom. The van der Waals surface area contributed by atoms with Crippen molar-refractivity contribution in [2.45, 2.75) is 12.8 Å². The second-order valence-electron chi connectivity index (χ2n) is 6.86. The summed E-state index contributed by atoms with van der Waals surface area (Å²) < 4.78 is 5.98. The highest BCUT2D eigenvalue weighted by molar-refractivity contribution is 9.10. The lowest BCUT2D eigenvalue weighted by atomic mass is 10.1. The lowest BCUT2D eigenvalue weighted by Crippen LogP contribution is -2.34. The van der Waals surface area contributed by atoms with Crippen LogP contribution in [0.2, 0.25) is 0 Å². The molecule has 0 bridgehead atoms. The van der Waals surface area contributed by atoms with Crippen molar-refractivity contribution in [3.63, 3.8) is 0 Å². The average molecular weight is 512 g/mol. The first-order valence-corrected chi connectivity index (χ1v) is 11.0. The summed E-state index contributed by atoms with van der Waals surface area (Å²) in [6, 6.07) is 22.1. The van der Waals surface area contributed by atoms with E-state index in [0.29, 0.717) is 35.5 Å². The highest BCUT2D eigenvalue weighted by atomic mass is 79.9. The number of rotatable bonds is 7. The first-order chi connectivity index (χ1) is 15.4. The number of ether oxygens (including phenoxy) is 1. The van der Waals surface area contributed by atoms with E-state index in [9.17, 15) is 9.59 Å². The summed E-state index contributed by atoms with van der Waals surface area (Å²) in [7, 11) is 1.50. The molecule has 0 unspecified atom stereocenters. The number of amides is 2. The van der Waals surface area contributed by atoms with E-state index in [4.69, 9.17) is 17.0 Å². The third-order valence-electron chi connectivity index (χ3n) is 4.54. The van der Waals surface area contributed by atoms with Gasteiger partial charge in [-0.05, 0) is 66.7 Å². The highest BCUT2D eigenvalue weighted by Crippen LogP contribution is 2.23. The van der Waals surface area contributed by atoms with Crippen molar-refractivity contribution in [3.05, 3.63) is 88.4 Å². The number of aryl methyl sites for hydroxylation is 1. The van der Waals surface area contributed by atoms with Gasteiger partial charge >= 0.3 is 0 Å². The summed E-state index contributed by atoms with van der Waals surface area (Å²) in [4.78, 5) is 24.7. The van der Waals surface area contributed by atoms with Crippen LogP contribution in [0.1, 0.15) is 22.3 Å². The maximum Gasteiger partial charge on any atom is 0.261 e.